The summed E-state index contributed by atoms with van der Waals surface area (Å²) in [5.74, 6) is -2.93. The molecular formula is C21H14ClF5N2O2S. The van der Waals surface area contributed by atoms with E-state index in [4.69, 9.17) is 11.6 Å². The highest BCUT2D eigenvalue weighted by molar-refractivity contribution is 7.18. The van der Waals surface area contributed by atoms with Gasteiger partial charge in [-0.15, -0.1) is 11.3 Å². The number of aryl methyl sites for hydroxylation is 1. The van der Waals surface area contributed by atoms with E-state index in [1.165, 1.54) is 12.1 Å². The van der Waals surface area contributed by atoms with Gasteiger partial charge in [-0.2, -0.15) is 13.2 Å². The Kier molecular flexibility index (Phi) is 6.85. The molecule has 11 heteroatoms. The second-order valence-corrected chi connectivity index (χ2v) is 8.14. The van der Waals surface area contributed by atoms with E-state index in [0.29, 0.717) is 11.6 Å². The van der Waals surface area contributed by atoms with E-state index in [0.717, 1.165) is 35.6 Å². The number of amides is 2. The Balaban J connectivity index is 1.72. The second-order valence-electron chi connectivity index (χ2n) is 6.68. The quantitative estimate of drug-likeness (QED) is 0.421. The van der Waals surface area contributed by atoms with Gasteiger partial charge in [-0.3, -0.25) is 9.59 Å². The Hall–Kier alpha value is -2.98. The smallest absolute Gasteiger partial charge is 0.347 e. The van der Waals surface area contributed by atoms with Gasteiger partial charge in [0.05, 0.1) is 26.0 Å². The van der Waals surface area contributed by atoms with Crippen molar-refractivity contribution in [3.63, 3.8) is 0 Å². The molecule has 0 saturated carbocycles. The monoisotopic (exact) mass is 488 g/mol. The van der Waals surface area contributed by atoms with Crippen LogP contribution in [0.25, 0.3) is 0 Å². The maximum absolute atomic E-state index is 13.2. The fourth-order valence-corrected chi connectivity index (χ4v) is 4.08. The summed E-state index contributed by atoms with van der Waals surface area (Å²) in [6, 6.07) is 6.98. The van der Waals surface area contributed by atoms with Gasteiger partial charge in [-0.05, 0) is 54.4 Å². The molecule has 0 spiro atoms. The maximum Gasteiger partial charge on any atom is 0.416 e. The molecule has 2 amide bonds. The van der Waals surface area contributed by atoms with Crippen molar-refractivity contribution in [3.05, 3.63) is 86.3 Å². The van der Waals surface area contributed by atoms with Gasteiger partial charge in [0.25, 0.3) is 11.8 Å². The van der Waals surface area contributed by atoms with Crippen LogP contribution in [0.3, 0.4) is 0 Å². The molecular weight excluding hydrogens is 475 g/mol. The van der Waals surface area contributed by atoms with E-state index in [2.05, 4.69) is 10.6 Å². The van der Waals surface area contributed by atoms with Gasteiger partial charge in [0.2, 0.25) is 0 Å². The molecule has 168 valence electrons. The van der Waals surface area contributed by atoms with Crippen molar-refractivity contribution in [1.29, 1.82) is 0 Å². The highest BCUT2D eigenvalue weighted by Crippen LogP contribution is 2.33. The van der Waals surface area contributed by atoms with Crippen LogP contribution < -0.4 is 10.6 Å². The number of hydrogen-bond donors (Lipinski definition) is 2. The molecule has 0 aliphatic rings. The second kappa shape index (κ2) is 9.25. The third-order valence-electron chi connectivity index (χ3n) is 4.35. The lowest BCUT2D eigenvalue weighted by Crippen LogP contribution is -2.24. The minimum absolute atomic E-state index is 0.0288. The van der Waals surface area contributed by atoms with Gasteiger partial charge in [0.15, 0.2) is 0 Å². The highest BCUT2D eigenvalue weighted by atomic mass is 35.5. The van der Waals surface area contributed by atoms with Gasteiger partial charge < -0.3 is 10.6 Å². The zero-order valence-corrected chi connectivity index (χ0v) is 17.8. The molecule has 1 aromatic heterocycles. The Morgan fingerprint density at radius 1 is 1.00 bits per heavy atom. The number of thiophene rings is 1. The molecule has 1 heterocycles. The zero-order chi connectivity index (χ0) is 23.6. The van der Waals surface area contributed by atoms with E-state index >= 15 is 0 Å². The molecule has 3 aromatic rings. The van der Waals surface area contributed by atoms with E-state index < -0.39 is 41.7 Å². The number of halogens is 6. The topological polar surface area (TPSA) is 58.2 Å². The molecule has 4 nitrogen and oxygen atoms in total. The molecule has 2 N–H and O–H groups in total. The first-order chi connectivity index (χ1) is 15.0. The van der Waals surface area contributed by atoms with Crippen molar-refractivity contribution in [2.45, 2.75) is 19.6 Å². The number of hydrogen-bond acceptors (Lipinski definition) is 3. The summed E-state index contributed by atoms with van der Waals surface area (Å²) in [7, 11) is 0. The third kappa shape index (κ3) is 5.43. The largest absolute Gasteiger partial charge is 0.416 e. The van der Waals surface area contributed by atoms with Gasteiger partial charge in [-0.25, -0.2) is 8.78 Å². The van der Waals surface area contributed by atoms with Crippen LogP contribution in [0.1, 0.15) is 36.7 Å². The summed E-state index contributed by atoms with van der Waals surface area (Å²) in [6.07, 6.45) is -4.78. The summed E-state index contributed by atoms with van der Waals surface area (Å²) in [5, 5.41) is 5.12. The number of anilines is 1. The third-order valence-corrected chi connectivity index (χ3v) is 5.82. The van der Waals surface area contributed by atoms with Gasteiger partial charge in [-0.1, -0.05) is 17.7 Å². The van der Waals surface area contributed by atoms with Crippen molar-refractivity contribution >= 4 is 39.8 Å². The lowest BCUT2D eigenvalue weighted by molar-refractivity contribution is -0.138. The fraction of sp³-hybridized carbons (Fsp3) is 0.143. The summed E-state index contributed by atoms with van der Waals surface area (Å²) in [6.45, 7) is 1.11. The summed E-state index contributed by atoms with van der Waals surface area (Å²) < 4.78 is 65.7. The van der Waals surface area contributed by atoms with Crippen LogP contribution in [0, 0.1) is 18.6 Å². The summed E-state index contributed by atoms with van der Waals surface area (Å²) in [5.41, 5.74) is -0.963. The van der Waals surface area contributed by atoms with Crippen LogP contribution >= 0.6 is 22.9 Å². The molecule has 3 rings (SSSR count). The number of nitrogens with one attached hydrogen (secondary N) is 2. The first kappa shape index (κ1) is 23.7. The lowest BCUT2D eigenvalue weighted by atomic mass is 10.1. The zero-order valence-electron chi connectivity index (χ0n) is 16.2. The Morgan fingerprint density at radius 3 is 2.31 bits per heavy atom. The predicted molar refractivity (Wildman–Crippen MR) is 111 cm³/mol. The Morgan fingerprint density at radius 2 is 1.66 bits per heavy atom. The minimum atomic E-state index is -4.78. The van der Waals surface area contributed by atoms with Crippen LogP contribution in [0.2, 0.25) is 5.02 Å². The lowest BCUT2D eigenvalue weighted by Gasteiger charge is -2.13. The standard InChI is InChI=1S/C21H14ClF5N2O2S/c1-10-6-17(29-19(30)14-5-4-13(24)8-16(14)22)32-18(10)20(31)28-9-11-2-3-12(23)7-15(11)21(25,26)27/h2-8H,9H2,1H3,(H,28,31)(H,29,30). The average molecular weight is 489 g/mol. The number of alkyl halides is 3. The number of carbonyl (C=O) groups is 2. The van der Waals surface area contributed by atoms with Gasteiger partial charge >= 0.3 is 6.18 Å². The molecule has 32 heavy (non-hydrogen) atoms. The first-order valence-electron chi connectivity index (χ1n) is 8.96. The number of carbonyl (C=O) groups excluding carboxylic acids is 2. The van der Waals surface area contributed by atoms with Crippen LogP contribution in [-0.2, 0) is 12.7 Å². The van der Waals surface area contributed by atoms with Crippen LogP contribution in [0.4, 0.5) is 27.0 Å². The van der Waals surface area contributed by atoms with Crippen molar-refractivity contribution in [3.8, 4) is 0 Å². The summed E-state index contributed by atoms with van der Waals surface area (Å²) in [4.78, 5) is 25.0. The fourth-order valence-electron chi connectivity index (χ4n) is 2.84. The minimum Gasteiger partial charge on any atom is -0.347 e. The van der Waals surface area contributed by atoms with Crippen molar-refractivity contribution < 1.29 is 31.5 Å². The van der Waals surface area contributed by atoms with E-state index in [1.54, 1.807) is 6.92 Å². The molecule has 0 radical (unpaired) electrons. The van der Waals surface area contributed by atoms with Crippen LogP contribution in [0.5, 0.6) is 0 Å². The molecule has 0 atom stereocenters. The molecule has 0 bridgehead atoms. The molecule has 0 aliphatic carbocycles. The van der Waals surface area contributed by atoms with E-state index in [-0.39, 0.29) is 26.0 Å². The first-order valence-corrected chi connectivity index (χ1v) is 10.2. The van der Waals surface area contributed by atoms with Gasteiger partial charge in [0.1, 0.15) is 11.6 Å². The van der Waals surface area contributed by atoms with E-state index in [9.17, 15) is 31.5 Å². The predicted octanol–water partition coefficient (Wildman–Crippen LogP) is 6.19. The van der Waals surface area contributed by atoms with Crippen molar-refractivity contribution in [2.75, 3.05) is 5.32 Å². The normalized spacial score (nSPS) is 11.3. The van der Waals surface area contributed by atoms with Crippen molar-refractivity contribution in [1.82, 2.24) is 5.32 Å². The molecule has 0 saturated heterocycles. The highest BCUT2D eigenvalue weighted by Gasteiger charge is 2.33. The van der Waals surface area contributed by atoms with Crippen LogP contribution in [-0.4, -0.2) is 11.8 Å². The summed E-state index contributed by atoms with van der Waals surface area (Å²) >= 11 is 6.77. The number of rotatable bonds is 5. The van der Waals surface area contributed by atoms with Gasteiger partial charge in [0, 0.05) is 6.54 Å². The maximum atomic E-state index is 13.2. The Labute approximate surface area is 188 Å². The molecule has 0 fully saturated rings. The SMILES string of the molecule is Cc1cc(NC(=O)c2ccc(F)cc2Cl)sc1C(=O)NCc1ccc(F)cc1C(F)(F)F. The molecule has 2 aromatic carbocycles. The molecule has 0 aliphatic heterocycles. The van der Waals surface area contributed by atoms with Crippen LogP contribution in [0.15, 0.2) is 42.5 Å². The number of benzene rings is 2. The average Bonchev–Trinajstić information content (AvgIpc) is 3.06. The van der Waals surface area contributed by atoms with Crippen molar-refractivity contribution in [2.24, 2.45) is 0 Å². The molecule has 0 unspecified atom stereocenters. The van der Waals surface area contributed by atoms with E-state index in [1.807, 2.05) is 0 Å². The Bertz CT molecular complexity index is 1190.